The molecule has 0 spiro atoms. The molecule has 18 unspecified atom stereocenters. The Bertz CT molecular complexity index is 835. The fraction of sp³-hybridized carbons (Fsp3) is 1.00. The first-order chi connectivity index (χ1) is 19.4. The summed E-state index contributed by atoms with van der Waals surface area (Å²) in [6.07, 6.45) is -16.9. The van der Waals surface area contributed by atoms with E-state index in [1.54, 1.807) is 0 Å². The van der Waals surface area contributed by atoms with Crippen LogP contribution >= 0.6 is 0 Å². The molecule has 3 saturated heterocycles. The molecule has 18 nitrogen and oxygen atoms in total. The van der Waals surface area contributed by atoms with Crippen molar-refractivity contribution in [3.63, 3.8) is 0 Å². The standard InChI is InChI=1S/C23H45N5O13/c24-3-9-14(31)16(33)12(27)21(37-9)41-20-11(5-30)39-23(18(20)35)36-8-2-6(25)1-7(26)19(8)40-22-13(28)17(34)15(32)10(4-29)38-22/h6-23,29-35H,1-5,24-28H2. The Balaban J connectivity index is 1.46. The van der Waals surface area contributed by atoms with Crippen LogP contribution in [0.3, 0.4) is 0 Å². The minimum atomic E-state index is -1.50. The summed E-state index contributed by atoms with van der Waals surface area (Å²) in [5.74, 6) is 0. The molecule has 0 amide bonds. The number of aliphatic hydroxyl groups excluding tert-OH is 7. The van der Waals surface area contributed by atoms with Gasteiger partial charge in [-0.1, -0.05) is 0 Å². The van der Waals surface area contributed by atoms with Gasteiger partial charge in [0, 0.05) is 18.6 Å². The normalized spacial score (nSPS) is 53.0. The van der Waals surface area contributed by atoms with Crippen LogP contribution in [0.4, 0.5) is 0 Å². The van der Waals surface area contributed by atoms with Crippen LogP contribution in [0.5, 0.6) is 0 Å². The SMILES string of the molecule is NCC1OC(OC2C(CO)OC(OC3CC(N)CC(N)C3OC3OC(CO)C(O)C(O)C3N)C2O)C(N)C(O)C1O. The van der Waals surface area contributed by atoms with Gasteiger partial charge in [0.05, 0.1) is 31.4 Å². The zero-order valence-electron chi connectivity index (χ0n) is 22.4. The van der Waals surface area contributed by atoms with Gasteiger partial charge in [-0.15, -0.1) is 0 Å². The molecule has 0 bridgehead atoms. The number of rotatable bonds is 9. The van der Waals surface area contributed by atoms with Gasteiger partial charge in [-0.05, 0) is 12.8 Å². The molecule has 240 valence electrons. The second-order valence-corrected chi connectivity index (χ2v) is 11.1. The summed E-state index contributed by atoms with van der Waals surface area (Å²) in [5, 5.41) is 71.3. The second-order valence-electron chi connectivity index (χ2n) is 11.1. The molecular formula is C23H45N5O13. The van der Waals surface area contributed by atoms with Crippen LogP contribution in [0.25, 0.3) is 0 Å². The molecule has 18 atom stereocenters. The molecule has 4 aliphatic rings. The fourth-order valence-electron chi connectivity index (χ4n) is 5.72. The molecule has 3 heterocycles. The number of aliphatic hydroxyl groups is 7. The molecule has 4 rings (SSSR count). The fourth-order valence-corrected chi connectivity index (χ4v) is 5.72. The Kier molecular flexibility index (Phi) is 11.3. The highest BCUT2D eigenvalue weighted by Crippen LogP contribution is 2.34. The van der Waals surface area contributed by atoms with Gasteiger partial charge in [0.25, 0.3) is 0 Å². The van der Waals surface area contributed by atoms with Crippen LogP contribution in [-0.2, 0) is 28.4 Å². The highest BCUT2D eigenvalue weighted by molar-refractivity contribution is 4.99. The zero-order chi connectivity index (χ0) is 30.2. The van der Waals surface area contributed by atoms with Crippen LogP contribution in [0, 0.1) is 0 Å². The molecule has 1 aliphatic carbocycles. The first-order valence-electron chi connectivity index (χ1n) is 13.7. The van der Waals surface area contributed by atoms with Crippen LogP contribution in [0.2, 0.25) is 0 Å². The zero-order valence-corrected chi connectivity index (χ0v) is 22.4. The van der Waals surface area contributed by atoms with E-state index in [2.05, 4.69) is 0 Å². The van der Waals surface area contributed by atoms with Crippen molar-refractivity contribution in [1.82, 2.24) is 0 Å². The number of nitrogens with two attached hydrogens (primary N) is 5. The van der Waals surface area contributed by atoms with E-state index in [4.69, 9.17) is 57.1 Å². The van der Waals surface area contributed by atoms with E-state index in [1.807, 2.05) is 0 Å². The maximum atomic E-state index is 11.1. The van der Waals surface area contributed by atoms with Crippen LogP contribution in [0.15, 0.2) is 0 Å². The predicted octanol–water partition coefficient (Wildman–Crippen LogP) is -7.83. The molecule has 17 N–H and O–H groups in total. The third kappa shape index (κ3) is 6.85. The Hall–Kier alpha value is -0.720. The predicted molar refractivity (Wildman–Crippen MR) is 135 cm³/mol. The van der Waals surface area contributed by atoms with E-state index in [0.717, 1.165) is 0 Å². The van der Waals surface area contributed by atoms with Crippen molar-refractivity contribution in [3.05, 3.63) is 0 Å². The van der Waals surface area contributed by atoms with Crippen molar-refractivity contribution in [3.8, 4) is 0 Å². The highest BCUT2D eigenvalue weighted by Gasteiger charge is 2.52. The molecular weight excluding hydrogens is 554 g/mol. The van der Waals surface area contributed by atoms with Gasteiger partial charge in [0.15, 0.2) is 18.9 Å². The topological polar surface area (TPSA) is 327 Å². The Morgan fingerprint density at radius 3 is 1.66 bits per heavy atom. The van der Waals surface area contributed by atoms with E-state index < -0.39 is 123 Å². The molecule has 0 aromatic heterocycles. The van der Waals surface area contributed by atoms with E-state index in [0.29, 0.717) is 6.42 Å². The summed E-state index contributed by atoms with van der Waals surface area (Å²) in [6, 6.07) is -3.51. The summed E-state index contributed by atoms with van der Waals surface area (Å²) >= 11 is 0. The van der Waals surface area contributed by atoms with E-state index in [9.17, 15) is 35.7 Å². The molecule has 3 aliphatic heterocycles. The van der Waals surface area contributed by atoms with Gasteiger partial charge >= 0.3 is 0 Å². The van der Waals surface area contributed by atoms with E-state index in [-0.39, 0.29) is 13.0 Å². The van der Waals surface area contributed by atoms with Gasteiger partial charge in [0.1, 0.15) is 61.0 Å². The average Bonchev–Trinajstić information content (AvgIpc) is 3.24. The largest absolute Gasteiger partial charge is 0.394 e. The molecule has 0 aromatic carbocycles. The third-order valence-corrected chi connectivity index (χ3v) is 8.17. The maximum Gasteiger partial charge on any atom is 0.187 e. The van der Waals surface area contributed by atoms with Gasteiger partial charge in [-0.25, -0.2) is 0 Å². The van der Waals surface area contributed by atoms with Crippen molar-refractivity contribution in [2.45, 2.75) is 123 Å². The molecule has 4 fully saturated rings. The van der Waals surface area contributed by atoms with Crippen LogP contribution < -0.4 is 28.7 Å². The molecule has 41 heavy (non-hydrogen) atoms. The lowest BCUT2D eigenvalue weighted by molar-refractivity contribution is -0.302. The average molecular weight is 600 g/mol. The number of hydrogen-bond donors (Lipinski definition) is 12. The summed E-state index contributed by atoms with van der Waals surface area (Å²) in [4.78, 5) is 0. The van der Waals surface area contributed by atoms with Crippen molar-refractivity contribution in [2.75, 3.05) is 19.8 Å². The maximum absolute atomic E-state index is 11.1. The minimum absolute atomic E-state index is 0.142. The Morgan fingerprint density at radius 1 is 0.585 bits per heavy atom. The summed E-state index contributed by atoms with van der Waals surface area (Å²) in [7, 11) is 0. The van der Waals surface area contributed by atoms with Crippen molar-refractivity contribution in [1.29, 1.82) is 0 Å². The van der Waals surface area contributed by atoms with Gasteiger partial charge in [-0.3, -0.25) is 0 Å². The number of ether oxygens (including phenoxy) is 6. The monoisotopic (exact) mass is 599 g/mol. The van der Waals surface area contributed by atoms with Crippen molar-refractivity contribution >= 4 is 0 Å². The van der Waals surface area contributed by atoms with Crippen LogP contribution in [0.1, 0.15) is 12.8 Å². The van der Waals surface area contributed by atoms with E-state index >= 15 is 0 Å². The lowest BCUT2D eigenvalue weighted by atomic mass is 9.86. The molecule has 0 radical (unpaired) electrons. The second kappa shape index (κ2) is 13.9. The van der Waals surface area contributed by atoms with Gasteiger partial charge in [0.2, 0.25) is 0 Å². The third-order valence-electron chi connectivity index (χ3n) is 8.17. The van der Waals surface area contributed by atoms with E-state index in [1.165, 1.54) is 0 Å². The minimum Gasteiger partial charge on any atom is -0.394 e. The van der Waals surface area contributed by atoms with Gasteiger partial charge in [-0.2, -0.15) is 0 Å². The first-order valence-corrected chi connectivity index (χ1v) is 13.7. The Morgan fingerprint density at radius 2 is 1.10 bits per heavy atom. The summed E-state index contributed by atoms with van der Waals surface area (Å²) in [6.45, 7) is -1.34. The van der Waals surface area contributed by atoms with Crippen molar-refractivity contribution < 1.29 is 64.2 Å². The first kappa shape index (κ1) is 33.2. The van der Waals surface area contributed by atoms with Crippen LogP contribution in [-0.4, -0.2) is 166 Å². The quantitative estimate of drug-likeness (QED) is 0.117. The van der Waals surface area contributed by atoms with Gasteiger partial charge < -0.3 is 92.8 Å². The molecule has 1 saturated carbocycles. The van der Waals surface area contributed by atoms with Crippen molar-refractivity contribution in [2.24, 2.45) is 28.7 Å². The summed E-state index contributed by atoms with van der Waals surface area (Å²) in [5.41, 5.74) is 30.1. The summed E-state index contributed by atoms with van der Waals surface area (Å²) < 4.78 is 34.8. The molecule has 18 heteroatoms. The Labute approximate surface area is 236 Å². The number of hydrogen-bond acceptors (Lipinski definition) is 18. The highest BCUT2D eigenvalue weighted by atomic mass is 16.8. The lowest BCUT2D eigenvalue weighted by Crippen LogP contribution is -2.65. The molecule has 0 aromatic rings. The lowest BCUT2D eigenvalue weighted by Gasteiger charge is -2.45. The smallest absolute Gasteiger partial charge is 0.187 e.